The van der Waals surface area contributed by atoms with E-state index >= 15 is 0 Å². The molecule has 0 saturated carbocycles. The third-order valence-corrected chi connectivity index (χ3v) is 1.96. The van der Waals surface area contributed by atoms with E-state index in [2.05, 4.69) is 21.9 Å². The average molecular weight is 241 g/mol. The van der Waals surface area contributed by atoms with Crippen LogP contribution in [0.25, 0.3) is 0 Å². The first-order valence-electron chi connectivity index (χ1n) is 5.32. The van der Waals surface area contributed by atoms with Crippen LogP contribution in [0.4, 0.5) is 0 Å². The Morgan fingerprint density at radius 3 is 2.71 bits per heavy atom. The Hall–Kier alpha value is -1.58. The summed E-state index contributed by atoms with van der Waals surface area (Å²) in [6.07, 6.45) is 5.01. The highest BCUT2D eigenvalue weighted by Gasteiger charge is 2.12. The number of amides is 2. The van der Waals surface area contributed by atoms with Gasteiger partial charge >= 0.3 is 0 Å². The van der Waals surface area contributed by atoms with Gasteiger partial charge in [0.05, 0.1) is 25.7 Å². The molecule has 17 heavy (non-hydrogen) atoms. The van der Waals surface area contributed by atoms with Crippen LogP contribution in [0, 0.1) is 12.3 Å². The lowest BCUT2D eigenvalue weighted by Crippen LogP contribution is -2.46. The van der Waals surface area contributed by atoms with Crippen LogP contribution >= 0.6 is 0 Å². The Morgan fingerprint density at radius 1 is 1.41 bits per heavy atom. The van der Waals surface area contributed by atoms with Gasteiger partial charge in [0, 0.05) is 13.7 Å². The van der Waals surface area contributed by atoms with E-state index in [1.165, 1.54) is 0 Å². The molecule has 0 aliphatic heterocycles. The number of carbonyl (C=O) groups is 2. The molecule has 0 radical (unpaired) electrons. The van der Waals surface area contributed by atoms with Gasteiger partial charge in [-0.3, -0.25) is 14.9 Å². The van der Waals surface area contributed by atoms with Gasteiger partial charge in [0.25, 0.3) is 0 Å². The summed E-state index contributed by atoms with van der Waals surface area (Å²) in [7, 11) is 1.56. The van der Waals surface area contributed by atoms with E-state index in [1.54, 1.807) is 14.0 Å². The summed E-state index contributed by atoms with van der Waals surface area (Å²) in [5.74, 6) is 1.89. The fourth-order valence-corrected chi connectivity index (χ4v) is 0.985. The predicted molar refractivity (Wildman–Crippen MR) is 64.2 cm³/mol. The molecule has 3 N–H and O–H groups in total. The molecule has 0 aromatic rings. The molecule has 0 aromatic heterocycles. The molecule has 0 aromatic carbocycles. The highest BCUT2D eigenvalue weighted by Crippen LogP contribution is 1.81. The number of carbonyl (C=O) groups excluding carboxylic acids is 2. The SMILES string of the molecule is C#CCNC(=O)C(C)NCC(=O)NCCOC. The summed E-state index contributed by atoms with van der Waals surface area (Å²) in [5, 5.41) is 7.93. The summed E-state index contributed by atoms with van der Waals surface area (Å²) < 4.78 is 4.78. The number of terminal acetylenes is 1. The van der Waals surface area contributed by atoms with Gasteiger partial charge < -0.3 is 15.4 Å². The molecule has 0 heterocycles. The lowest BCUT2D eigenvalue weighted by Gasteiger charge is -2.12. The van der Waals surface area contributed by atoms with Gasteiger partial charge in [0.15, 0.2) is 0 Å². The molecule has 6 heteroatoms. The summed E-state index contributed by atoms with van der Waals surface area (Å²) in [5.41, 5.74) is 0. The average Bonchev–Trinajstić information content (AvgIpc) is 2.33. The van der Waals surface area contributed by atoms with Crippen molar-refractivity contribution in [2.24, 2.45) is 0 Å². The van der Waals surface area contributed by atoms with Crippen molar-refractivity contribution in [3.05, 3.63) is 0 Å². The quantitative estimate of drug-likeness (QED) is 0.356. The van der Waals surface area contributed by atoms with E-state index in [1.807, 2.05) is 0 Å². The second-order valence-corrected chi connectivity index (χ2v) is 3.37. The molecule has 0 spiro atoms. The normalized spacial score (nSPS) is 11.4. The van der Waals surface area contributed by atoms with Crippen LogP contribution in [0.5, 0.6) is 0 Å². The smallest absolute Gasteiger partial charge is 0.237 e. The minimum Gasteiger partial charge on any atom is -0.383 e. The maximum absolute atomic E-state index is 11.4. The first-order valence-corrected chi connectivity index (χ1v) is 5.32. The van der Waals surface area contributed by atoms with Crippen molar-refractivity contribution in [1.29, 1.82) is 0 Å². The predicted octanol–water partition coefficient (Wildman–Crippen LogP) is -1.52. The molecular formula is C11H19N3O3. The molecule has 1 unspecified atom stereocenters. The Kier molecular flexibility index (Phi) is 8.74. The Bertz CT molecular complexity index is 286. The summed E-state index contributed by atoms with van der Waals surface area (Å²) in [4.78, 5) is 22.6. The second-order valence-electron chi connectivity index (χ2n) is 3.37. The minimum absolute atomic E-state index is 0.0777. The van der Waals surface area contributed by atoms with Crippen molar-refractivity contribution in [2.75, 3.05) is 33.4 Å². The van der Waals surface area contributed by atoms with E-state index in [0.29, 0.717) is 13.2 Å². The zero-order valence-electron chi connectivity index (χ0n) is 10.2. The van der Waals surface area contributed by atoms with Crippen LogP contribution in [-0.2, 0) is 14.3 Å². The molecular weight excluding hydrogens is 222 g/mol. The minimum atomic E-state index is -0.462. The number of ether oxygens (including phenoxy) is 1. The van der Waals surface area contributed by atoms with Crippen molar-refractivity contribution >= 4 is 11.8 Å². The van der Waals surface area contributed by atoms with Crippen LogP contribution in [0.2, 0.25) is 0 Å². The number of hydrogen-bond acceptors (Lipinski definition) is 4. The monoisotopic (exact) mass is 241 g/mol. The van der Waals surface area contributed by atoms with Crippen LogP contribution in [0.1, 0.15) is 6.92 Å². The van der Waals surface area contributed by atoms with E-state index in [9.17, 15) is 9.59 Å². The molecule has 0 aliphatic carbocycles. The Labute approximate surface area is 101 Å². The molecule has 1 atom stereocenters. The van der Waals surface area contributed by atoms with Gasteiger partial charge in [-0.25, -0.2) is 0 Å². The molecule has 96 valence electrons. The van der Waals surface area contributed by atoms with Crippen molar-refractivity contribution < 1.29 is 14.3 Å². The molecule has 0 saturated heterocycles. The van der Waals surface area contributed by atoms with Crippen LogP contribution in [0.15, 0.2) is 0 Å². The van der Waals surface area contributed by atoms with Crippen molar-refractivity contribution in [2.45, 2.75) is 13.0 Å². The maximum atomic E-state index is 11.4. The Balaban J connectivity index is 3.68. The standard InChI is InChI=1S/C11H19N3O3/c1-4-5-13-11(16)9(2)14-8-10(15)12-6-7-17-3/h1,9,14H,5-8H2,2-3H3,(H,12,15)(H,13,16). The third kappa shape index (κ3) is 8.25. The molecule has 0 rings (SSSR count). The van der Waals surface area contributed by atoms with Gasteiger partial charge in [0.2, 0.25) is 11.8 Å². The van der Waals surface area contributed by atoms with E-state index in [4.69, 9.17) is 11.2 Å². The highest BCUT2D eigenvalue weighted by molar-refractivity contribution is 5.83. The molecule has 0 bridgehead atoms. The van der Waals surface area contributed by atoms with E-state index in [-0.39, 0.29) is 24.9 Å². The molecule has 2 amide bonds. The topological polar surface area (TPSA) is 79.5 Å². The zero-order chi connectivity index (χ0) is 13.1. The fourth-order valence-electron chi connectivity index (χ4n) is 0.985. The number of nitrogens with one attached hydrogen (secondary N) is 3. The fraction of sp³-hybridized carbons (Fsp3) is 0.636. The van der Waals surface area contributed by atoms with Gasteiger partial charge in [-0.1, -0.05) is 5.92 Å². The number of methoxy groups -OCH3 is 1. The third-order valence-electron chi connectivity index (χ3n) is 1.96. The molecule has 0 aliphatic rings. The van der Waals surface area contributed by atoms with Crippen LogP contribution < -0.4 is 16.0 Å². The van der Waals surface area contributed by atoms with Crippen LogP contribution in [-0.4, -0.2) is 51.2 Å². The van der Waals surface area contributed by atoms with Gasteiger partial charge in [-0.15, -0.1) is 6.42 Å². The Morgan fingerprint density at radius 2 is 2.12 bits per heavy atom. The first kappa shape index (κ1) is 15.4. The van der Waals surface area contributed by atoms with E-state index < -0.39 is 6.04 Å². The van der Waals surface area contributed by atoms with Gasteiger partial charge in [-0.2, -0.15) is 0 Å². The molecule has 0 fully saturated rings. The summed E-state index contributed by atoms with van der Waals surface area (Å²) >= 11 is 0. The maximum Gasteiger partial charge on any atom is 0.237 e. The number of hydrogen-bond donors (Lipinski definition) is 3. The zero-order valence-corrected chi connectivity index (χ0v) is 10.2. The largest absolute Gasteiger partial charge is 0.383 e. The lowest BCUT2D eigenvalue weighted by molar-refractivity contribution is -0.123. The molecule has 6 nitrogen and oxygen atoms in total. The highest BCUT2D eigenvalue weighted by atomic mass is 16.5. The van der Waals surface area contributed by atoms with Crippen molar-refractivity contribution in [3.8, 4) is 12.3 Å². The summed E-state index contributed by atoms with van der Waals surface area (Å²) in [6.45, 7) is 2.84. The van der Waals surface area contributed by atoms with Crippen LogP contribution in [0.3, 0.4) is 0 Å². The van der Waals surface area contributed by atoms with Crippen molar-refractivity contribution in [1.82, 2.24) is 16.0 Å². The van der Waals surface area contributed by atoms with Gasteiger partial charge in [0.1, 0.15) is 0 Å². The van der Waals surface area contributed by atoms with Gasteiger partial charge in [-0.05, 0) is 6.92 Å². The first-order chi connectivity index (χ1) is 8.11. The number of rotatable bonds is 8. The second kappa shape index (κ2) is 9.63. The van der Waals surface area contributed by atoms with E-state index in [0.717, 1.165) is 0 Å². The summed E-state index contributed by atoms with van der Waals surface area (Å²) in [6, 6.07) is -0.462. The van der Waals surface area contributed by atoms with Crippen molar-refractivity contribution in [3.63, 3.8) is 0 Å². The lowest BCUT2D eigenvalue weighted by atomic mass is 10.3.